The first-order chi connectivity index (χ1) is 8.22. The Morgan fingerprint density at radius 3 is 2.65 bits per heavy atom. The van der Waals surface area contributed by atoms with E-state index in [4.69, 9.17) is 11.6 Å². The molecule has 94 valence electrons. The van der Waals surface area contributed by atoms with Gasteiger partial charge < -0.3 is 5.32 Å². The number of nitrogens with one attached hydrogen (secondary N) is 1. The highest BCUT2D eigenvalue weighted by atomic mass is 35.5. The van der Waals surface area contributed by atoms with Crippen LogP contribution in [0.25, 0.3) is 0 Å². The van der Waals surface area contributed by atoms with Crippen LogP contribution in [0.1, 0.15) is 49.8 Å². The Balaban J connectivity index is 2.21. The van der Waals surface area contributed by atoms with Gasteiger partial charge in [-0.3, -0.25) is 0 Å². The van der Waals surface area contributed by atoms with Crippen LogP contribution in [0.3, 0.4) is 0 Å². The topological polar surface area (TPSA) is 12.0 Å². The lowest BCUT2D eigenvalue weighted by molar-refractivity contribution is 0.374. The van der Waals surface area contributed by atoms with E-state index in [0.29, 0.717) is 6.04 Å². The van der Waals surface area contributed by atoms with Crippen LogP contribution in [0.15, 0.2) is 18.2 Å². The van der Waals surface area contributed by atoms with Crippen molar-refractivity contribution in [3.63, 3.8) is 0 Å². The van der Waals surface area contributed by atoms with Crippen LogP contribution in [-0.4, -0.2) is 6.54 Å². The van der Waals surface area contributed by atoms with E-state index >= 15 is 0 Å². The molecule has 0 heterocycles. The van der Waals surface area contributed by atoms with Gasteiger partial charge in [0.05, 0.1) is 0 Å². The summed E-state index contributed by atoms with van der Waals surface area (Å²) in [6.45, 7) is 5.30. The second-order valence-corrected chi connectivity index (χ2v) is 5.50. The molecule has 2 heteroatoms. The van der Waals surface area contributed by atoms with Gasteiger partial charge in [0.15, 0.2) is 0 Å². The molecule has 0 radical (unpaired) electrons. The fraction of sp³-hybridized carbons (Fsp3) is 0.600. The Morgan fingerprint density at radius 1 is 1.35 bits per heavy atom. The van der Waals surface area contributed by atoms with E-state index in [1.54, 1.807) is 0 Å². The van der Waals surface area contributed by atoms with E-state index in [0.717, 1.165) is 17.5 Å². The summed E-state index contributed by atoms with van der Waals surface area (Å²) in [4.78, 5) is 0. The molecule has 0 amide bonds. The Bertz CT molecular complexity index is 369. The van der Waals surface area contributed by atoms with Crippen LogP contribution in [0.5, 0.6) is 0 Å². The van der Waals surface area contributed by atoms with Crippen molar-refractivity contribution in [1.82, 2.24) is 5.32 Å². The summed E-state index contributed by atoms with van der Waals surface area (Å²) < 4.78 is 0. The molecule has 0 saturated heterocycles. The van der Waals surface area contributed by atoms with Crippen molar-refractivity contribution in [2.45, 2.75) is 45.6 Å². The first-order valence-electron chi connectivity index (χ1n) is 6.71. The van der Waals surface area contributed by atoms with Crippen LogP contribution in [0.2, 0.25) is 5.02 Å². The summed E-state index contributed by atoms with van der Waals surface area (Å²) in [5.41, 5.74) is 2.59. The van der Waals surface area contributed by atoms with Crippen LogP contribution < -0.4 is 5.32 Å². The number of rotatable bonds is 4. The molecule has 1 aromatic carbocycles. The lowest BCUT2D eigenvalue weighted by Gasteiger charge is -2.25. The smallest absolute Gasteiger partial charge is 0.0435 e. The lowest BCUT2D eigenvalue weighted by atomic mass is 9.91. The SMILES string of the molecule is CCNC(c1ccc(Cl)c(C)c1)C1CCCC1. The molecule has 0 aromatic heterocycles. The highest BCUT2D eigenvalue weighted by Gasteiger charge is 2.25. The Kier molecular flexibility index (Phi) is 4.47. The minimum Gasteiger partial charge on any atom is -0.310 e. The standard InChI is InChI=1S/C15H22ClN/c1-3-17-15(12-6-4-5-7-12)13-8-9-14(16)11(2)10-13/h8-10,12,15,17H,3-7H2,1-2H3. The first-order valence-corrected chi connectivity index (χ1v) is 7.09. The highest BCUT2D eigenvalue weighted by molar-refractivity contribution is 6.31. The predicted molar refractivity (Wildman–Crippen MR) is 74.6 cm³/mol. The van der Waals surface area contributed by atoms with E-state index < -0.39 is 0 Å². The van der Waals surface area contributed by atoms with Gasteiger partial charge in [-0.15, -0.1) is 0 Å². The average Bonchev–Trinajstić information content (AvgIpc) is 2.83. The lowest BCUT2D eigenvalue weighted by Crippen LogP contribution is -2.27. The van der Waals surface area contributed by atoms with Crippen molar-refractivity contribution in [3.05, 3.63) is 34.3 Å². The zero-order valence-corrected chi connectivity index (χ0v) is 11.6. The third-order valence-corrected chi connectivity index (χ3v) is 4.26. The van der Waals surface area contributed by atoms with Gasteiger partial charge in [0, 0.05) is 11.1 Å². The van der Waals surface area contributed by atoms with Crippen LogP contribution in [0.4, 0.5) is 0 Å². The van der Waals surface area contributed by atoms with E-state index in [1.807, 2.05) is 6.07 Å². The molecule has 1 fully saturated rings. The normalized spacial score (nSPS) is 18.5. The maximum atomic E-state index is 6.10. The van der Waals surface area contributed by atoms with Crippen molar-refractivity contribution < 1.29 is 0 Å². The number of hydrogen-bond donors (Lipinski definition) is 1. The van der Waals surface area contributed by atoms with Crippen LogP contribution in [-0.2, 0) is 0 Å². The molecule has 0 spiro atoms. The Labute approximate surface area is 110 Å². The van der Waals surface area contributed by atoms with Gasteiger partial charge in [0.25, 0.3) is 0 Å². The molecule has 1 nitrogen and oxygen atoms in total. The molecule has 0 aliphatic heterocycles. The molecule has 1 unspecified atom stereocenters. The van der Waals surface area contributed by atoms with E-state index in [2.05, 4.69) is 31.3 Å². The molecule has 2 rings (SSSR count). The second kappa shape index (κ2) is 5.88. The van der Waals surface area contributed by atoms with Gasteiger partial charge in [0.1, 0.15) is 0 Å². The summed E-state index contributed by atoms with van der Waals surface area (Å²) in [5, 5.41) is 4.52. The minimum atomic E-state index is 0.512. The fourth-order valence-corrected chi connectivity index (χ4v) is 3.05. The predicted octanol–water partition coefficient (Wildman–Crippen LogP) is 4.49. The largest absolute Gasteiger partial charge is 0.310 e. The molecule has 1 saturated carbocycles. The van der Waals surface area contributed by atoms with E-state index in [-0.39, 0.29) is 0 Å². The fourth-order valence-electron chi connectivity index (χ4n) is 2.93. The Morgan fingerprint density at radius 2 is 2.06 bits per heavy atom. The molecule has 1 aliphatic rings. The molecule has 1 aliphatic carbocycles. The monoisotopic (exact) mass is 251 g/mol. The third kappa shape index (κ3) is 3.02. The van der Waals surface area contributed by atoms with Gasteiger partial charge >= 0.3 is 0 Å². The summed E-state index contributed by atoms with van der Waals surface area (Å²) in [7, 11) is 0. The Hall–Kier alpha value is -0.530. The molecule has 0 bridgehead atoms. The van der Waals surface area contributed by atoms with Crippen molar-refractivity contribution in [3.8, 4) is 0 Å². The molecule has 1 atom stereocenters. The average molecular weight is 252 g/mol. The van der Waals surface area contributed by atoms with Crippen LogP contribution >= 0.6 is 11.6 Å². The number of halogens is 1. The van der Waals surface area contributed by atoms with Crippen molar-refractivity contribution in [2.24, 2.45) is 5.92 Å². The van der Waals surface area contributed by atoms with Crippen molar-refractivity contribution >= 4 is 11.6 Å². The van der Waals surface area contributed by atoms with Gasteiger partial charge in [-0.1, -0.05) is 43.5 Å². The summed E-state index contributed by atoms with van der Waals surface area (Å²) in [6, 6.07) is 6.97. The summed E-state index contributed by atoms with van der Waals surface area (Å²) >= 11 is 6.10. The third-order valence-electron chi connectivity index (χ3n) is 3.84. The van der Waals surface area contributed by atoms with E-state index in [9.17, 15) is 0 Å². The van der Waals surface area contributed by atoms with Crippen LogP contribution in [0, 0.1) is 12.8 Å². The summed E-state index contributed by atoms with van der Waals surface area (Å²) in [6.07, 6.45) is 5.50. The minimum absolute atomic E-state index is 0.512. The molecular formula is C15H22ClN. The number of aryl methyl sites for hydroxylation is 1. The molecule has 17 heavy (non-hydrogen) atoms. The van der Waals surface area contributed by atoms with Gasteiger partial charge in [-0.25, -0.2) is 0 Å². The van der Waals surface area contributed by atoms with Gasteiger partial charge in [0.2, 0.25) is 0 Å². The number of benzene rings is 1. The molecular weight excluding hydrogens is 230 g/mol. The van der Waals surface area contributed by atoms with Gasteiger partial charge in [-0.05, 0) is 49.4 Å². The zero-order chi connectivity index (χ0) is 12.3. The quantitative estimate of drug-likeness (QED) is 0.832. The summed E-state index contributed by atoms with van der Waals surface area (Å²) in [5.74, 6) is 0.801. The highest BCUT2D eigenvalue weighted by Crippen LogP contribution is 2.36. The molecule has 1 N–H and O–H groups in total. The first kappa shape index (κ1) is 12.9. The second-order valence-electron chi connectivity index (χ2n) is 5.09. The van der Waals surface area contributed by atoms with Gasteiger partial charge in [-0.2, -0.15) is 0 Å². The molecule has 1 aromatic rings. The maximum Gasteiger partial charge on any atom is 0.0435 e. The van der Waals surface area contributed by atoms with Crippen molar-refractivity contribution in [1.29, 1.82) is 0 Å². The van der Waals surface area contributed by atoms with Crippen molar-refractivity contribution in [2.75, 3.05) is 6.54 Å². The zero-order valence-electron chi connectivity index (χ0n) is 10.8. The number of hydrogen-bond acceptors (Lipinski definition) is 1. The van der Waals surface area contributed by atoms with E-state index in [1.165, 1.54) is 36.8 Å². The maximum absolute atomic E-state index is 6.10.